The van der Waals surface area contributed by atoms with E-state index < -0.39 is 6.36 Å². The summed E-state index contributed by atoms with van der Waals surface area (Å²) in [6.45, 7) is 6.11. The van der Waals surface area contributed by atoms with Crippen molar-refractivity contribution < 1.29 is 17.9 Å². The van der Waals surface area contributed by atoms with Gasteiger partial charge in [0.1, 0.15) is 11.6 Å². The number of fused-ring (bicyclic) bond motifs is 3. The number of hydrogen-bond donors (Lipinski definition) is 2. The Morgan fingerprint density at radius 1 is 1.02 bits per heavy atom. The van der Waals surface area contributed by atoms with E-state index in [1.54, 1.807) is 18.3 Å². The molecule has 0 amide bonds. The molecule has 6 nitrogen and oxygen atoms in total. The first-order valence-corrected chi connectivity index (χ1v) is 13.0. The summed E-state index contributed by atoms with van der Waals surface area (Å²) in [6, 6.07) is 23.6. The molecule has 0 aliphatic carbocycles. The van der Waals surface area contributed by atoms with Crippen LogP contribution in [0, 0.1) is 6.92 Å². The average Bonchev–Trinajstić information content (AvgIpc) is 3.24. The number of halogens is 3. The molecule has 0 fully saturated rings. The molecule has 0 spiro atoms. The number of aryl methyl sites for hydroxylation is 1. The molecule has 0 aliphatic heterocycles. The predicted molar refractivity (Wildman–Crippen MR) is 157 cm³/mol. The fraction of sp³-hybridized carbons (Fsp3) is 0.167. The Morgan fingerprint density at radius 2 is 1.77 bits per heavy atom. The Balaban J connectivity index is 1.34. The molecule has 204 valence electrons. The molecule has 0 aliphatic rings. The number of anilines is 1. The van der Waals surface area contributed by atoms with Gasteiger partial charge in [-0.05, 0) is 84.0 Å². The molecule has 4 aromatic carbocycles. The minimum Gasteiger partial charge on any atom is -0.406 e. The van der Waals surface area contributed by atoms with E-state index >= 15 is 0 Å². The predicted octanol–water partition coefficient (Wildman–Crippen LogP) is 7.83. The summed E-state index contributed by atoms with van der Waals surface area (Å²) in [7, 11) is 0. The Hall–Kier alpha value is -4.44. The molecular weight excluding hydrogens is 535 g/mol. The van der Waals surface area contributed by atoms with Crippen LogP contribution in [0.25, 0.3) is 27.5 Å². The summed E-state index contributed by atoms with van der Waals surface area (Å²) in [5.74, 6) is 0.791. The largest absolute Gasteiger partial charge is 0.573 e. The smallest absolute Gasteiger partial charge is 0.406 e. The second-order valence-electron chi connectivity index (χ2n) is 9.52. The van der Waals surface area contributed by atoms with E-state index in [4.69, 9.17) is 17.2 Å². The van der Waals surface area contributed by atoms with Crippen molar-refractivity contribution in [1.29, 1.82) is 0 Å². The van der Waals surface area contributed by atoms with Crippen LogP contribution in [0.15, 0.2) is 84.0 Å². The quantitative estimate of drug-likeness (QED) is 0.126. The number of ether oxygens (including phenoxy) is 1. The van der Waals surface area contributed by atoms with Gasteiger partial charge in [0.25, 0.3) is 0 Å². The number of benzene rings is 4. The Bertz CT molecular complexity index is 1730. The van der Waals surface area contributed by atoms with Crippen LogP contribution in [0.2, 0.25) is 0 Å². The number of alkyl halides is 3. The number of nitrogens with one attached hydrogen (secondary N) is 2. The number of para-hydroxylation sites is 1. The van der Waals surface area contributed by atoms with Gasteiger partial charge in [-0.2, -0.15) is 5.10 Å². The van der Waals surface area contributed by atoms with Gasteiger partial charge in [0.05, 0.1) is 17.2 Å². The standard InChI is InChI=1S/C30H26F3N5OS/c1-18(2)24-6-4-5-7-26(24)36-29(40)37-34-17-20-8-14-25-21(16-20)9-15-27-28(25)35-19(3)38(27)22-10-12-23(13-11-22)39-30(31,32)33/h4-18H,1-3H3,(H2,36,37,40)/b34-17+. The highest BCUT2D eigenvalue weighted by molar-refractivity contribution is 7.80. The third kappa shape index (κ3) is 5.91. The van der Waals surface area contributed by atoms with Gasteiger partial charge in [-0.25, -0.2) is 4.98 Å². The fourth-order valence-electron chi connectivity index (χ4n) is 4.64. The van der Waals surface area contributed by atoms with Gasteiger partial charge in [-0.1, -0.05) is 50.2 Å². The minimum absolute atomic E-state index is 0.274. The Morgan fingerprint density at radius 3 is 2.50 bits per heavy atom. The van der Waals surface area contributed by atoms with Crippen LogP contribution in [-0.2, 0) is 0 Å². The first-order valence-electron chi connectivity index (χ1n) is 12.6. The van der Waals surface area contributed by atoms with Gasteiger partial charge in [0.15, 0.2) is 5.11 Å². The second-order valence-corrected chi connectivity index (χ2v) is 9.92. The Labute approximate surface area is 234 Å². The average molecular weight is 562 g/mol. The third-order valence-electron chi connectivity index (χ3n) is 6.37. The molecular formula is C30H26F3N5OS. The number of hydrazone groups is 1. The zero-order chi connectivity index (χ0) is 28.4. The van der Waals surface area contributed by atoms with Gasteiger partial charge in [-0.15, -0.1) is 13.2 Å². The molecule has 10 heteroatoms. The van der Waals surface area contributed by atoms with Gasteiger partial charge in [-0.3, -0.25) is 9.99 Å². The highest BCUT2D eigenvalue weighted by atomic mass is 32.1. The first-order chi connectivity index (χ1) is 19.1. The molecule has 1 aromatic heterocycles. The lowest BCUT2D eigenvalue weighted by Crippen LogP contribution is -2.24. The maximum Gasteiger partial charge on any atom is 0.573 e. The summed E-state index contributed by atoms with van der Waals surface area (Å²) in [6.07, 6.45) is -3.04. The van der Waals surface area contributed by atoms with Crippen molar-refractivity contribution in [1.82, 2.24) is 15.0 Å². The summed E-state index contributed by atoms with van der Waals surface area (Å²) in [4.78, 5) is 4.75. The summed E-state index contributed by atoms with van der Waals surface area (Å²) < 4.78 is 43.5. The van der Waals surface area contributed by atoms with Crippen molar-refractivity contribution in [2.45, 2.75) is 33.1 Å². The summed E-state index contributed by atoms with van der Waals surface area (Å²) in [5.41, 5.74) is 8.18. The summed E-state index contributed by atoms with van der Waals surface area (Å²) >= 11 is 5.41. The normalized spacial score (nSPS) is 12.0. The maximum atomic E-state index is 12.5. The van der Waals surface area contributed by atoms with Gasteiger partial charge in [0.2, 0.25) is 0 Å². The van der Waals surface area contributed by atoms with Crippen LogP contribution in [0.5, 0.6) is 5.75 Å². The van der Waals surface area contributed by atoms with Gasteiger partial charge < -0.3 is 10.1 Å². The van der Waals surface area contributed by atoms with E-state index in [1.165, 1.54) is 17.7 Å². The molecule has 0 unspecified atom stereocenters. The van der Waals surface area contributed by atoms with Crippen molar-refractivity contribution in [3.05, 3.63) is 95.8 Å². The van der Waals surface area contributed by atoms with E-state index in [-0.39, 0.29) is 5.75 Å². The van der Waals surface area contributed by atoms with E-state index in [2.05, 4.69) is 40.5 Å². The lowest BCUT2D eigenvalue weighted by Gasteiger charge is -2.14. The van der Waals surface area contributed by atoms with Crippen LogP contribution < -0.4 is 15.5 Å². The van der Waals surface area contributed by atoms with Crippen LogP contribution in [0.3, 0.4) is 0 Å². The number of hydrogen-bond acceptors (Lipinski definition) is 4. The first kappa shape index (κ1) is 27.1. The molecule has 5 aromatic rings. The van der Waals surface area contributed by atoms with Crippen molar-refractivity contribution in [3.8, 4) is 11.4 Å². The number of imidazole rings is 1. The van der Waals surface area contributed by atoms with E-state index in [9.17, 15) is 13.2 Å². The Kier molecular flexibility index (Phi) is 7.44. The van der Waals surface area contributed by atoms with Crippen molar-refractivity contribution >= 4 is 51.0 Å². The van der Waals surface area contributed by atoms with Crippen LogP contribution >= 0.6 is 12.2 Å². The van der Waals surface area contributed by atoms with Crippen LogP contribution in [-0.4, -0.2) is 27.2 Å². The molecule has 2 N–H and O–H groups in total. The lowest BCUT2D eigenvalue weighted by molar-refractivity contribution is -0.274. The highest BCUT2D eigenvalue weighted by Crippen LogP contribution is 2.30. The number of aromatic nitrogens is 2. The van der Waals surface area contributed by atoms with E-state index in [0.717, 1.165) is 33.1 Å². The van der Waals surface area contributed by atoms with Crippen molar-refractivity contribution in [2.75, 3.05) is 5.32 Å². The molecule has 0 saturated carbocycles. The topological polar surface area (TPSA) is 63.5 Å². The zero-order valence-corrected chi connectivity index (χ0v) is 22.8. The molecule has 0 saturated heterocycles. The molecule has 1 heterocycles. The number of nitrogens with zero attached hydrogens (tertiary/aromatic N) is 3. The minimum atomic E-state index is -4.74. The third-order valence-corrected chi connectivity index (χ3v) is 6.56. The molecule has 0 atom stereocenters. The highest BCUT2D eigenvalue weighted by Gasteiger charge is 2.31. The van der Waals surface area contributed by atoms with Gasteiger partial charge in [0, 0.05) is 16.8 Å². The molecule has 0 radical (unpaired) electrons. The second kappa shape index (κ2) is 11.0. The summed E-state index contributed by atoms with van der Waals surface area (Å²) in [5, 5.41) is 9.81. The number of thiocarbonyl (C=S) groups is 1. The van der Waals surface area contributed by atoms with Crippen LogP contribution in [0.4, 0.5) is 18.9 Å². The van der Waals surface area contributed by atoms with Crippen LogP contribution in [0.1, 0.15) is 36.7 Å². The number of rotatable bonds is 6. The SMILES string of the molecule is Cc1nc2c3ccc(/C=N/NC(=S)Nc4ccccc4C(C)C)cc3ccc2n1-c1ccc(OC(F)(F)F)cc1. The lowest BCUT2D eigenvalue weighted by atomic mass is 10.0. The fourth-order valence-corrected chi connectivity index (χ4v) is 4.80. The zero-order valence-electron chi connectivity index (χ0n) is 22.0. The van der Waals surface area contributed by atoms with E-state index in [1.807, 2.05) is 60.0 Å². The van der Waals surface area contributed by atoms with Crippen molar-refractivity contribution in [2.24, 2.45) is 5.10 Å². The van der Waals surface area contributed by atoms with E-state index in [0.29, 0.717) is 22.5 Å². The van der Waals surface area contributed by atoms with Crippen molar-refractivity contribution in [3.63, 3.8) is 0 Å². The maximum absolute atomic E-state index is 12.5. The monoisotopic (exact) mass is 561 g/mol. The molecule has 0 bridgehead atoms. The molecule has 5 rings (SSSR count). The van der Waals surface area contributed by atoms with Gasteiger partial charge >= 0.3 is 6.36 Å². The molecule has 40 heavy (non-hydrogen) atoms.